The fraction of sp³-hybridized carbons (Fsp3) is 0.300. The summed E-state index contributed by atoms with van der Waals surface area (Å²) in [5, 5.41) is 11.7. The van der Waals surface area contributed by atoms with E-state index in [1.165, 1.54) is 11.3 Å². The first-order valence-corrected chi connectivity index (χ1v) is 6.02. The number of aromatic amines is 1. The number of rotatable bonds is 3. The van der Waals surface area contributed by atoms with Crippen molar-refractivity contribution in [2.24, 2.45) is 0 Å². The third-order valence-corrected chi connectivity index (χ3v) is 2.97. The topological polar surface area (TPSA) is 96.7 Å². The number of H-pyrrole nitrogens is 1. The molecule has 2 aromatic rings. The minimum Gasteiger partial charge on any atom is -0.395 e. The van der Waals surface area contributed by atoms with Crippen molar-refractivity contribution >= 4 is 28.1 Å². The lowest BCUT2D eigenvalue weighted by atomic mass is 10.1. The van der Waals surface area contributed by atoms with Crippen LogP contribution in [0.1, 0.15) is 35.9 Å². The third kappa shape index (κ3) is 2.28. The molecule has 0 radical (unpaired) electrons. The number of hydrogen-bond acceptors (Lipinski definition) is 5. The summed E-state index contributed by atoms with van der Waals surface area (Å²) in [6, 6.07) is 0. The Bertz CT molecular complexity index is 517. The van der Waals surface area contributed by atoms with Crippen LogP contribution in [-0.4, -0.2) is 21.1 Å². The van der Waals surface area contributed by atoms with Crippen molar-refractivity contribution < 1.29 is 4.79 Å². The van der Waals surface area contributed by atoms with Crippen LogP contribution in [0.25, 0.3) is 0 Å². The minimum atomic E-state index is -0.347. The second-order valence-corrected chi connectivity index (χ2v) is 4.74. The molecule has 4 N–H and O–H groups in total. The Hall–Kier alpha value is -1.89. The molecule has 7 heteroatoms. The van der Waals surface area contributed by atoms with Gasteiger partial charge in [-0.05, 0) is 5.92 Å². The van der Waals surface area contributed by atoms with E-state index in [0.29, 0.717) is 10.8 Å². The fourth-order valence-electron chi connectivity index (χ4n) is 1.42. The second-order valence-electron chi connectivity index (χ2n) is 3.85. The summed E-state index contributed by atoms with van der Waals surface area (Å²) in [4.78, 5) is 15.8. The predicted molar refractivity (Wildman–Crippen MR) is 67.2 cm³/mol. The highest BCUT2D eigenvalue weighted by atomic mass is 32.1. The molecule has 1 amide bonds. The molecule has 17 heavy (non-hydrogen) atoms. The maximum absolute atomic E-state index is 11.9. The van der Waals surface area contributed by atoms with E-state index in [4.69, 9.17) is 5.73 Å². The minimum absolute atomic E-state index is 0.198. The molecule has 0 aliphatic carbocycles. The SMILES string of the molecule is CC(C)c1[nH]nc(C(=O)Nc2nccs2)c1N. The first-order valence-electron chi connectivity index (χ1n) is 5.14. The van der Waals surface area contributed by atoms with Gasteiger partial charge in [-0.25, -0.2) is 4.98 Å². The number of anilines is 2. The molecule has 0 bridgehead atoms. The Balaban J connectivity index is 2.20. The van der Waals surface area contributed by atoms with Gasteiger partial charge in [0.1, 0.15) is 0 Å². The summed E-state index contributed by atoms with van der Waals surface area (Å²) >= 11 is 1.34. The average Bonchev–Trinajstić information content (AvgIpc) is 2.86. The first kappa shape index (κ1) is 11.6. The van der Waals surface area contributed by atoms with Gasteiger partial charge in [-0.1, -0.05) is 13.8 Å². The first-order chi connectivity index (χ1) is 8.09. The van der Waals surface area contributed by atoms with Crippen LogP contribution in [0.2, 0.25) is 0 Å². The molecule has 0 atom stereocenters. The molecule has 0 aromatic carbocycles. The van der Waals surface area contributed by atoms with E-state index in [9.17, 15) is 4.79 Å². The molecular weight excluding hydrogens is 238 g/mol. The van der Waals surface area contributed by atoms with Crippen molar-refractivity contribution in [1.82, 2.24) is 15.2 Å². The summed E-state index contributed by atoms with van der Waals surface area (Å²) in [6.07, 6.45) is 1.62. The molecule has 90 valence electrons. The van der Waals surface area contributed by atoms with Crippen LogP contribution in [0.4, 0.5) is 10.8 Å². The normalized spacial score (nSPS) is 10.8. The zero-order chi connectivity index (χ0) is 12.4. The zero-order valence-electron chi connectivity index (χ0n) is 9.52. The number of nitrogen functional groups attached to an aromatic ring is 1. The smallest absolute Gasteiger partial charge is 0.280 e. The summed E-state index contributed by atoms with van der Waals surface area (Å²) in [5.41, 5.74) is 7.24. The Labute approximate surface area is 102 Å². The number of carbonyl (C=O) groups excluding carboxylic acids is 1. The van der Waals surface area contributed by atoms with Gasteiger partial charge in [0.05, 0.1) is 11.4 Å². The van der Waals surface area contributed by atoms with Crippen molar-refractivity contribution in [2.75, 3.05) is 11.1 Å². The molecule has 2 heterocycles. The highest BCUT2D eigenvalue weighted by Crippen LogP contribution is 2.23. The summed E-state index contributed by atoms with van der Waals surface area (Å²) in [5.74, 6) is -0.149. The van der Waals surface area contributed by atoms with Crippen LogP contribution in [0.3, 0.4) is 0 Å². The molecule has 0 saturated heterocycles. The monoisotopic (exact) mass is 251 g/mol. The number of nitrogens with two attached hydrogens (primary N) is 1. The molecule has 0 saturated carbocycles. The van der Waals surface area contributed by atoms with Gasteiger partial charge in [0.25, 0.3) is 5.91 Å². The number of aromatic nitrogens is 3. The number of amides is 1. The van der Waals surface area contributed by atoms with Crippen LogP contribution in [0, 0.1) is 0 Å². The van der Waals surface area contributed by atoms with Gasteiger partial charge in [-0.2, -0.15) is 5.10 Å². The van der Waals surface area contributed by atoms with E-state index < -0.39 is 0 Å². The van der Waals surface area contributed by atoms with Crippen molar-refractivity contribution in [3.05, 3.63) is 23.0 Å². The quantitative estimate of drug-likeness (QED) is 0.775. The van der Waals surface area contributed by atoms with Crippen LogP contribution in [0.15, 0.2) is 11.6 Å². The molecule has 2 aromatic heterocycles. The number of hydrogen-bond donors (Lipinski definition) is 3. The number of nitrogens with zero attached hydrogens (tertiary/aromatic N) is 2. The van der Waals surface area contributed by atoms with Crippen LogP contribution in [-0.2, 0) is 0 Å². The van der Waals surface area contributed by atoms with E-state index in [1.54, 1.807) is 11.6 Å². The van der Waals surface area contributed by atoms with Gasteiger partial charge < -0.3 is 5.73 Å². The largest absolute Gasteiger partial charge is 0.395 e. The molecule has 0 fully saturated rings. The van der Waals surface area contributed by atoms with Gasteiger partial charge in [-0.15, -0.1) is 11.3 Å². The van der Waals surface area contributed by atoms with Crippen LogP contribution in [0.5, 0.6) is 0 Å². The second kappa shape index (κ2) is 4.54. The van der Waals surface area contributed by atoms with Crippen LogP contribution >= 0.6 is 11.3 Å². The average molecular weight is 251 g/mol. The lowest BCUT2D eigenvalue weighted by Gasteiger charge is -2.02. The van der Waals surface area contributed by atoms with Crippen molar-refractivity contribution in [3.8, 4) is 0 Å². The van der Waals surface area contributed by atoms with E-state index in [1.807, 2.05) is 13.8 Å². The molecule has 0 unspecified atom stereocenters. The Morgan fingerprint density at radius 1 is 1.59 bits per heavy atom. The highest BCUT2D eigenvalue weighted by Gasteiger charge is 2.19. The van der Waals surface area contributed by atoms with Gasteiger partial charge in [0.15, 0.2) is 10.8 Å². The van der Waals surface area contributed by atoms with Crippen molar-refractivity contribution in [1.29, 1.82) is 0 Å². The molecule has 6 nitrogen and oxygen atoms in total. The third-order valence-electron chi connectivity index (χ3n) is 2.28. The zero-order valence-corrected chi connectivity index (χ0v) is 10.3. The molecule has 0 aliphatic heterocycles. The lowest BCUT2D eigenvalue weighted by molar-refractivity contribution is 0.102. The Morgan fingerprint density at radius 2 is 2.35 bits per heavy atom. The van der Waals surface area contributed by atoms with Crippen LogP contribution < -0.4 is 11.1 Å². The maximum Gasteiger partial charge on any atom is 0.280 e. The number of nitrogens with one attached hydrogen (secondary N) is 2. The fourth-order valence-corrected chi connectivity index (χ4v) is 1.94. The molecule has 0 spiro atoms. The highest BCUT2D eigenvalue weighted by molar-refractivity contribution is 7.13. The molecular formula is C10H13N5OS. The van der Waals surface area contributed by atoms with E-state index in [-0.39, 0.29) is 17.5 Å². The van der Waals surface area contributed by atoms with Gasteiger partial charge >= 0.3 is 0 Å². The number of carbonyl (C=O) groups is 1. The Kier molecular flexibility index (Phi) is 3.10. The lowest BCUT2D eigenvalue weighted by Crippen LogP contribution is -2.14. The maximum atomic E-state index is 11.9. The van der Waals surface area contributed by atoms with Gasteiger partial charge in [0, 0.05) is 11.6 Å². The van der Waals surface area contributed by atoms with E-state index in [2.05, 4.69) is 20.5 Å². The Morgan fingerprint density at radius 3 is 2.88 bits per heavy atom. The van der Waals surface area contributed by atoms with Crippen molar-refractivity contribution in [2.45, 2.75) is 19.8 Å². The van der Waals surface area contributed by atoms with Gasteiger partial charge in [0.2, 0.25) is 0 Å². The van der Waals surface area contributed by atoms with Gasteiger partial charge in [-0.3, -0.25) is 15.2 Å². The predicted octanol–water partition coefficient (Wildman–Crippen LogP) is 1.82. The summed E-state index contributed by atoms with van der Waals surface area (Å²) in [6.45, 7) is 3.96. The van der Waals surface area contributed by atoms with Crippen molar-refractivity contribution in [3.63, 3.8) is 0 Å². The number of thiazole rings is 1. The summed E-state index contributed by atoms with van der Waals surface area (Å²) < 4.78 is 0. The molecule has 0 aliphatic rings. The standard InChI is InChI=1S/C10H13N5OS/c1-5(2)7-6(11)8(15-14-7)9(16)13-10-12-3-4-17-10/h3-5H,11H2,1-2H3,(H,14,15)(H,12,13,16). The van der Waals surface area contributed by atoms with E-state index >= 15 is 0 Å². The molecule has 2 rings (SSSR count). The van der Waals surface area contributed by atoms with E-state index in [0.717, 1.165) is 5.69 Å². The summed E-state index contributed by atoms with van der Waals surface area (Å²) in [7, 11) is 0.